The van der Waals surface area contributed by atoms with E-state index in [4.69, 9.17) is 0 Å². The average Bonchev–Trinajstić information content (AvgIpc) is 3.10. The minimum Gasteiger partial charge on any atom is -0.507 e. The number of benzene rings is 6. The second-order valence-corrected chi connectivity index (χ2v) is 12.1. The van der Waals surface area contributed by atoms with Gasteiger partial charge in [0.15, 0.2) is 0 Å². The predicted octanol–water partition coefficient (Wildman–Crippen LogP) is 10.5. The molecule has 0 fully saturated rings. The fourth-order valence-electron chi connectivity index (χ4n) is 5.45. The summed E-state index contributed by atoms with van der Waals surface area (Å²) in [5, 5.41) is 21.9. The second kappa shape index (κ2) is 20.1. The van der Waals surface area contributed by atoms with Gasteiger partial charge in [0.25, 0.3) is 0 Å². The third kappa shape index (κ3) is 12.5. The van der Waals surface area contributed by atoms with Crippen LogP contribution in [0.3, 0.4) is 0 Å². The van der Waals surface area contributed by atoms with E-state index >= 15 is 0 Å². The van der Waals surface area contributed by atoms with Crippen LogP contribution in [0.15, 0.2) is 146 Å². The molecule has 0 amide bonds. The van der Waals surface area contributed by atoms with Gasteiger partial charge in [-0.2, -0.15) is 49.2 Å². The molecule has 4 heteroatoms. The second-order valence-electron chi connectivity index (χ2n) is 12.1. The molecule has 6 rings (SSSR count). The fourth-order valence-corrected chi connectivity index (χ4v) is 5.45. The van der Waals surface area contributed by atoms with E-state index in [0.29, 0.717) is 11.5 Å². The van der Waals surface area contributed by atoms with E-state index in [1.54, 1.807) is 0 Å². The number of rotatable bonds is 8. The molecular weight excluding hydrogens is 678 g/mol. The molecule has 0 bridgehead atoms. The topological polar surface area (TPSA) is 43.7 Å². The van der Waals surface area contributed by atoms with Crippen LogP contribution in [0.5, 0.6) is 11.5 Å². The molecule has 6 aromatic rings. The van der Waals surface area contributed by atoms with Crippen LogP contribution in [0.4, 0.5) is 0 Å². The fraction of sp³-hybridized carbons (Fsp3) is 0.156. The van der Waals surface area contributed by atoms with Crippen LogP contribution in [-0.2, 0) is 39.0 Å². The van der Waals surface area contributed by atoms with Gasteiger partial charge in [-0.3, -0.25) is 0 Å². The zero-order chi connectivity index (χ0) is 34.3. The summed E-state index contributed by atoms with van der Waals surface area (Å²) in [6.07, 6.45) is 1.53. The first-order valence-corrected chi connectivity index (χ1v) is 16.4. The summed E-state index contributed by atoms with van der Waals surface area (Å²) in [7, 11) is 2.09. The van der Waals surface area contributed by atoms with E-state index < -0.39 is 0 Å². The Bertz CT molecular complexity index is 1690. The van der Waals surface area contributed by atoms with Crippen LogP contribution in [0.1, 0.15) is 33.4 Å². The Morgan fingerprint density at radius 3 is 1.08 bits per heavy atom. The Balaban J connectivity index is 0.000000357. The first-order chi connectivity index (χ1) is 23.2. The first-order valence-electron chi connectivity index (χ1n) is 16.4. The van der Waals surface area contributed by atoms with E-state index in [2.05, 4.69) is 51.8 Å². The molecule has 1 radical (unpaired) electrons. The average molecular weight is 725 g/mol. The molecule has 0 aromatic heterocycles. The predicted molar refractivity (Wildman–Crippen MR) is 203 cm³/mol. The molecule has 49 heavy (non-hydrogen) atoms. The number of hydrogen-bond acceptors (Lipinski definition) is 3. The van der Waals surface area contributed by atoms with Gasteiger partial charge in [0, 0.05) is 24.2 Å². The number of phenolic OH excluding ortho intramolecular Hbond substituents is 2. The number of likely N-dealkylation sites (N-methyl/N-ethyl adjacent to an activating group) is 1. The summed E-state index contributed by atoms with van der Waals surface area (Å²) in [5.41, 5.74) is 10.2. The van der Waals surface area contributed by atoms with Crippen molar-refractivity contribution in [2.24, 2.45) is 0 Å². The van der Waals surface area contributed by atoms with Crippen LogP contribution in [0.2, 0.25) is 0 Å². The summed E-state index contributed by atoms with van der Waals surface area (Å²) in [6.45, 7) is 13.2. The normalized spacial score (nSPS) is 10.2. The molecule has 0 aliphatic heterocycles. The van der Waals surface area contributed by atoms with Crippen molar-refractivity contribution in [3.05, 3.63) is 193 Å². The molecule has 3 nitrogen and oxygen atoms in total. The summed E-state index contributed by atoms with van der Waals surface area (Å²) in [6, 6.07) is 48.1. The molecule has 0 aliphatic rings. The molecule has 0 saturated heterocycles. The zero-order valence-corrected chi connectivity index (χ0v) is 31.4. The smallest absolute Gasteiger partial charge is 0.507 e. The van der Waals surface area contributed by atoms with Gasteiger partial charge in [0.05, 0.1) is 0 Å². The van der Waals surface area contributed by atoms with Crippen molar-refractivity contribution in [1.82, 2.24) is 4.90 Å². The molecule has 2 N–H and O–H groups in total. The molecular formula is C45H47NO2Zr+. The van der Waals surface area contributed by atoms with Crippen LogP contribution in [0.25, 0.3) is 22.3 Å². The third-order valence-corrected chi connectivity index (χ3v) is 8.05. The molecule has 6 aromatic carbocycles. The Morgan fingerprint density at radius 1 is 0.490 bits per heavy atom. The SMILES string of the molecule is Cc1cc(CCN(C)CCc2cc(C)cc(-c3ccccc3)c2O)c(O)c(-c2ccccc2)c1.[CH2-]c1ccccc1.[CH2-]c1ccccc1.[Zr+3]. The Morgan fingerprint density at radius 2 is 0.796 bits per heavy atom. The van der Waals surface area contributed by atoms with Gasteiger partial charge in [-0.15, -0.1) is 24.3 Å². The summed E-state index contributed by atoms with van der Waals surface area (Å²) >= 11 is 0. The number of nitrogens with zero attached hydrogens (tertiary/aromatic N) is 1. The van der Waals surface area contributed by atoms with Crippen molar-refractivity contribution in [3.8, 4) is 33.8 Å². The largest absolute Gasteiger partial charge is 3.00 e. The maximum absolute atomic E-state index is 10.9. The maximum atomic E-state index is 10.9. The van der Waals surface area contributed by atoms with Gasteiger partial charge in [0.2, 0.25) is 0 Å². The third-order valence-electron chi connectivity index (χ3n) is 8.05. The minimum atomic E-state index is 0. The van der Waals surface area contributed by atoms with Crippen molar-refractivity contribution in [3.63, 3.8) is 0 Å². The number of hydrogen-bond donors (Lipinski definition) is 2. The monoisotopic (exact) mass is 723 g/mol. The molecule has 247 valence electrons. The van der Waals surface area contributed by atoms with Gasteiger partial charge >= 0.3 is 26.2 Å². The number of aryl methyl sites for hydroxylation is 2. The maximum Gasteiger partial charge on any atom is 3.00 e. The zero-order valence-electron chi connectivity index (χ0n) is 28.9. The summed E-state index contributed by atoms with van der Waals surface area (Å²) < 4.78 is 0. The van der Waals surface area contributed by atoms with E-state index in [-0.39, 0.29) is 26.2 Å². The van der Waals surface area contributed by atoms with E-state index in [9.17, 15) is 10.2 Å². The molecule has 0 atom stereocenters. The van der Waals surface area contributed by atoms with Crippen molar-refractivity contribution < 1.29 is 36.4 Å². The van der Waals surface area contributed by atoms with E-state index in [1.807, 2.05) is 133 Å². The molecule has 0 unspecified atom stereocenters. The van der Waals surface area contributed by atoms with Gasteiger partial charge in [-0.05, 0) is 79.3 Å². The Labute approximate surface area is 313 Å². The Kier molecular flexibility index (Phi) is 16.0. The minimum absolute atomic E-state index is 0. The van der Waals surface area contributed by atoms with Crippen molar-refractivity contribution >= 4 is 0 Å². The summed E-state index contributed by atoms with van der Waals surface area (Å²) in [5.74, 6) is 0.739. The van der Waals surface area contributed by atoms with Gasteiger partial charge < -0.3 is 15.1 Å². The molecule has 0 heterocycles. The number of phenols is 2. The van der Waals surface area contributed by atoms with Gasteiger partial charge in [0.1, 0.15) is 11.5 Å². The van der Waals surface area contributed by atoms with Crippen LogP contribution >= 0.6 is 0 Å². The van der Waals surface area contributed by atoms with Crippen LogP contribution in [0, 0.1) is 27.7 Å². The van der Waals surface area contributed by atoms with Crippen molar-refractivity contribution in [2.45, 2.75) is 26.7 Å². The van der Waals surface area contributed by atoms with Crippen LogP contribution < -0.4 is 0 Å². The molecule has 0 spiro atoms. The van der Waals surface area contributed by atoms with Crippen molar-refractivity contribution in [1.29, 1.82) is 0 Å². The molecule has 0 saturated carbocycles. The van der Waals surface area contributed by atoms with E-state index in [1.165, 1.54) is 0 Å². The van der Waals surface area contributed by atoms with E-state index in [0.717, 1.165) is 81.6 Å². The Hall–Kier alpha value is -4.50. The van der Waals surface area contributed by atoms with Crippen LogP contribution in [-0.4, -0.2) is 35.3 Å². The molecule has 0 aliphatic carbocycles. The van der Waals surface area contributed by atoms with Crippen molar-refractivity contribution in [2.75, 3.05) is 20.1 Å². The standard InChI is InChI=1S/C31H33NO2.2C7H7.Zr/c1-22-18-26(30(33)28(20-22)24-10-6-4-7-11-24)14-16-32(3)17-15-27-19-23(2)21-29(31(27)34)25-12-8-5-9-13-25;2*1-7-5-3-2-4-6-7;/h4-13,18-21,33-34H,14-17H2,1-3H3;2*2-6H,1H2;/q;2*-1;+3. The number of aromatic hydroxyl groups is 2. The quantitative estimate of drug-likeness (QED) is 0.154. The van der Waals surface area contributed by atoms with Gasteiger partial charge in [-0.1, -0.05) is 84.9 Å². The van der Waals surface area contributed by atoms with Gasteiger partial charge in [-0.25, -0.2) is 0 Å². The first kappa shape index (κ1) is 38.9. The summed E-state index contributed by atoms with van der Waals surface area (Å²) in [4.78, 5) is 2.26.